The third kappa shape index (κ3) is 2.14. The van der Waals surface area contributed by atoms with E-state index in [1.165, 1.54) is 12.1 Å². The Hall–Kier alpha value is -2.09. The number of hydrogen-bond donors (Lipinski definition) is 1. The number of amides is 1. The van der Waals surface area contributed by atoms with E-state index in [-0.39, 0.29) is 17.5 Å². The first-order valence-electron chi connectivity index (χ1n) is 5.85. The minimum absolute atomic E-state index is 0.0688. The summed E-state index contributed by atoms with van der Waals surface area (Å²) in [6.07, 6.45) is 1.64. The van der Waals surface area contributed by atoms with Gasteiger partial charge >= 0.3 is 0 Å². The SMILES string of the molecule is CNC(=O)C1CCCN1c1ccc(F)cc1C#N. The number of carbonyl (C=O) groups is 1. The smallest absolute Gasteiger partial charge is 0.242 e. The Balaban J connectivity index is 2.36. The Morgan fingerprint density at radius 3 is 3.06 bits per heavy atom. The van der Waals surface area contributed by atoms with E-state index in [0.29, 0.717) is 12.2 Å². The van der Waals surface area contributed by atoms with E-state index in [2.05, 4.69) is 5.32 Å². The van der Waals surface area contributed by atoms with E-state index in [0.717, 1.165) is 12.8 Å². The van der Waals surface area contributed by atoms with Crippen molar-refractivity contribution in [3.05, 3.63) is 29.6 Å². The second-order valence-electron chi connectivity index (χ2n) is 4.24. The van der Waals surface area contributed by atoms with Crippen molar-refractivity contribution < 1.29 is 9.18 Å². The maximum Gasteiger partial charge on any atom is 0.242 e. The van der Waals surface area contributed by atoms with E-state index in [9.17, 15) is 9.18 Å². The van der Waals surface area contributed by atoms with Crippen LogP contribution in [-0.4, -0.2) is 25.5 Å². The number of nitrogens with one attached hydrogen (secondary N) is 1. The summed E-state index contributed by atoms with van der Waals surface area (Å²) in [5.74, 6) is -0.508. The molecule has 1 heterocycles. The molecule has 1 aromatic carbocycles. The quantitative estimate of drug-likeness (QED) is 0.859. The predicted molar refractivity (Wildman–Crippen MR) is 65.5 cm³/mol. The maximum atomic E-state index is 13.1. The number of carbonyl (C=O) groups excluding carboxylic acids is 1. The lowest BCUT2D eigenvalue weighted by Gasteiger charge is -2.26. The zero-order chi connectivity index (χ0) is 13.1. The Labute approximate surface area is 105 Å². The summed E-state index contributed by atoms with van der Waals surface area (Å²) >= 11 is 0. The Bertz CT molecular complexity index is 509. The van der Waals surface area contributed by atoms with E-state index < -0.39 is 5.82 Å². The Kier molecular flexibility index (Phi) is 3.47. The van der Waals surface area contributed by atoms with Gasteiger partial charge in [0.1, 0.15) is 17.9 Å². The van der Waals surface area contributed by atoms with Crippen molar-refractivity contribution in [2.24, 2.45) is 0 Å². The lowest BCUT2D eigenvalue weighted by atomic mass is 10.1. The summed E-state index contributed by atoms with van der Waals surface area (Å²) in [4.78, 5) is 13.6. The highest BCUT2D eigenvalue weighted by molar-refractivity contribution is 5.86. The van der Waals surface area contributed by atoms with Crippen LogP contribution in [0.5, 0.6) is 0 Å². The molecular weight excluding hydrogens is 233 g/mol. The van der Waals surface area contributed by atoms with Crippen molar-refractivity contribution in [1.29, 1.82) is 5.26 Å². The van der Waals surface area contributed by atoms with Crippen LogP contribution in [0.25, 0.3) is 0 Å². The second-order valence-corrected chi connectivity index (χ2v) is 4.24. The van der Waals surface area contributed by atoms with Gasteiger partial charge in [-0.05, 0) is 31.0 Å². The number of likely N-dealkylation sites (N-methyl/N-ethyl adjacent to an activating group) is 1. The summed E-state index contributed by atoms with van der Waals surface area (Å²) in [5.41, 5.74) is 0.899. The van der Waals surface area contributed by atoms with Gasteiger partial charge in [0.15, 0.2) is 0 Å². The minimum atomic E-state index is -0.439. The number of nitrogens with zero attached hydrogens (tertiary/aromatic N) is 2. The first-order valence-corrected chi connectivity index (χ1v) is 5.85. The molecule has 0 aromatic heterocycles. The highest BCUT2D eigenvalue weighted by atomic mass is 19.1. The zero-order valence-corrected chi connectivity index (χ0v) is 10.1. The van der Waals surface area contributed by atoms with Crippen LogP contribution >= 0.6 is 0 Å². The monoisotopic (exact) mass is 247 g/mol. The van der Waals surface area contributed by atoms with Crippen molar-refractivity contribution in [3.8, 4) is 6.07 Å². The molecule has 0 aliphatic carbocycles. The molecule has 1 amide bonds. The molecular formula is C13H14FN3O. The van der Waals surface area contributed by atoms with Gasteiger partial charge in [-0.1, -0.05) is 0 Å². The molecule has 1 aromatic rings. The van der Waals surface area contributed by atoms with E-state index in [4.69, 9.17) is 5.26 Å². The molecule has 5 heteroatoms. The molecule has 1 aliphatic heterocycles. The average Bonchev–Trinajstić information content (AvgIpc) is 2.86. The van der Waals surface area contributed by atoms with Crippen molar-refractivity contribution in [2.45, 2.75) is 18.9 Å². The molecule has 1 saturated heterocycles. The molecule has 1 unspecified atom stereocenters. The van der Waals surface area contributed by atoms with Gasteiger partial charge in [0.25, 0.3) is 0 Å². The molecule has 0 radical (unpaired) electrons. The number of benzene rings is 1. The largest absolute Gasteiger partial charge is 0.358 e. The molecule has 0 spiro atoms. The summed E-state index contributed by atoms with van der Waals surface area (Å²) < 4.78 is 13.1. The zero-order valence-electron chi connectivity index (χ0n) is 10.1. The van der Waals surface area contributed by atoms with Gasteiger partial charge in [-0.15, -0.1) is 0 Å². The predicted octanol–water partition coefficient (Wildman–Crippen LogP) is 1.41. The fourth-order valence-corrected chi connectivity index (χ4v) is 2.34. The fraction of sp³-hybridized carbons (Fsp3) is 0.385. The first-order chi connectivity index (χ1) is 8.67. The number of hydrogen-bond acceptors (Lipinski definition) is 3. The molecule has 1 fully saturated rings. The van der Waals surface area contributed by atoms with Crippen LogP contribution in [0.4, 0.5) is 10.1 Å². The van der Waals surface area contributed by atoms with Crippen molar-refractivity contribution >= 4 is 11.6 Å². The third-order valence-corrected chi connectivity index (χ3v) is 3.19. The molecule has 94 valence electrons. The molecule has 1 atom stereocenters. The van der Waals surface area contributed by atoms with Gasteiger partial charge in [-0.3, -0.25) is 4.79 Å². The molecule has 0 bridgehead atoms. The molecule has 0 saturated carbocycles. The van der Waals surface area contributed by atoms with Crippen LogP contribution in [0.3, 0.4) is 0 Å². The van der Waals surface area contributed by atoms with Crippen molar-refractivity contribution in [3.63, 3.8) is 0 Å². The van der Waals surface area contributed by atoms with Crippen molar-refractivity contribution in [2.75, 3.05) is 18.5 Å². The van der Waals surface area contributed by atoms with Gasteiger partial charge in [0.2, 0.25) is 5.91 Å². The van der Waals surface area contributed by atoms with Crippen molar-refractivity contribution in [1.82, 2.24) is 5.32 Å². The number of nitriles is 1. The van der Waals surface area contributed by atoms with Crippen LogP contribution in [0, 0.1) is 17.1 Å². The topological polar surface area (TPSA) is 56.1 Å². The molecule has 1 N–H and O–H groups in total. The number of rotatable bonds is 2. The van der Waals surface area contributed by atoms with Gasteiger partial charge in [-0.25, -0.2) is 4.39 Å². The molecule has 1 aliphatic rings. The second kappa shape index (κ2) is 5.05. The van der Waals surface area contributed by atoms with Crippen LogP contribution in [0.2, 0.25) is 0 Å². The fourth-order valence-electron chi connectivity index (χ4n) is 2.34. The average molecular weight is 247 g/mol. The molecule has 2 rings (SSSR count). The third-order valence-electron chi connectivity index (χ3n) is 3.19. The highest BCUT2D eigenvalue weighted by Gasteiger charge is 2.31. The van der Waals surface area contributed by atoms with Gasteiger partial charge in [0.05, 0.1) is 11.3 Å². The van der Waals surface area contributed by atoms with Crippen LogP contribution < -0.4 is 10.2 Å². The number of halogens is 1. The van der Waals surface area contributed by atoms with Crippen LogP contribution in [0.15, 0.2) is 18.2 Å². The van der Waals surface area contributed by atoms with E-state index in [1.807, 2.05) is 11.0 Å². The molecule has 18 heavy (non-hydrogen) atoms. The van der Waals surface area contributed by atoms with Gasteiger partial charge in [-0.2, -0.15) is 5.26 Å². The Morgan fingerprint density at radius 1 is 1.61 bits per heavy atom. The lowest BCUT2D eigenvalue weighted by Crippen LogP contribution is -2.42. The van der Waals surface area contributed by atoms with E-state index in [1.54, 1.807) is 13.1 Å². The summed E-state index contributed by atoms with van der Waals surface area (Å²) in [5, 5.41) is 11.7. The highest BCUT2D eigenvalue weighted by Crippen LogP contribution is 2.29. The maximum absolute atomic E-state index is 13.1. The Morgan fingerprint density at radius 2 is 2.39 bits per heavy atom. The first kappa shape index (κ1) is 12.4. The minimum Gasteiger partial charge on any atom is -0.358 e. The summed E-state index contributed by atoms with van der Waals surface area (Å²) in [6.45, 7) is 0.707. The van der Waals surface area contributed by atoms with E-state index >= 15 is 0 Å². The van der Waals surface area contributed by atoms with Crippen LogP contribution in [0.1, 0.15) is 18.4 Å². The molecule has 4 nitrogen and oxygen atoms in total. The number of anilines is 1. The van der Waals surface area contributed by atoms with Crippen LogP contribution in [-0.2, 0) is 4.79 Å². The van der Waals surface area contributed by atoms with Gasteiger partial charge < -0.3 is 10.2 Å². The summed E-state index contributed by atoms with van der Waals surface area (Å²) in [7, 11) is 1.59. The van der Waals surface area contributed by atoms with Gasteiger partial charge in [0, 0.05) is 13.6 Å². The standard InChI is InChI=1S/C13H14FN3O/c1-16-13(18)12-3-2-6-17(12)11-5-4-10(14)7-9(11)8-15/h4-5,7,12H,2-3,6H2,1H3,(H,16,18). The summed E-state index contributed by atoms with van der Waals surface area (Å²) in [6, 6.07) is 5.79. The normalized spacial score (nSPS) is 18.5. The lowest BCUT2D eigenvalue weighted by molar-refractivity contribution is -0.121.